The minimum Gasteiger partial charge on any atom is -0.490 e. The van der Waals surface area contributed by atoms with Crippen LogP contribution in [0.4, 0.5) is 0 Å². The van der Waals surface area contributed by atoms with Crippen molar-refractivity contribution in [3.8, 4) is 0 Å². The fourth-order valence-corrected chi connectivity index (χ4v) is 5.05. The molecule has 2 aliphatic heterocycles. The number of ether oxygens (including phenoxy) is 6. The highest BCUT2D eigenvalue weighted by atomic mass is 16.7. The summed E-state index contributed by atoms with van der Waals surface area (Å²) < 4.78 is 37.6. The van der Waals surface area contributed by atoms with Gasteiger partial charge in [0, 0.05) is 6.42 Å². The van der Waals surface area contributed by atoms with Gasteiger partial charge in [0.15, 0.2) is 11.9 Å². The first-order chi connectivity index (χ1) is 19.5. The first-order valence-corrected chi connectivity index (χ1v) is 14.1. The van der Waals surface area contributed by atoms with Gasteiger partial charge in [-0.1, -0.05) is 91.0 Å². The van der Waals surface area contributed by atoms with Crippen LogP contribution < -0.4 is 0 Å². The molecule has 40 heavy (non-hydrogen) atoms. The van der Waals surface area contributed by atoms with Crippen molar-refractivity contribution >= 4 is 0 Å². The maximum absolute atomic E-state index is 6.55. The van der Waals surface area contributed by atoms with E-state index in [1.165, 1.54) is 0 Å². The monoisotopic (exact) mass is 544 g/mol. The quantitative estimate of drug-likeness (QED) is 0.257. The predicted octanol–water partition coefficient (Wildman–Crippen LogP) is 6.59. The predicted molar refractivity (Wildman–Crippen MR) is 153 cm³/mol. The summed E-state index contributed by atoms with van der Waals surface area (Å²) in [5, 5.41) is 0. The lowest BCUT2D eigenvalue weighted by molar-refractivity contribution is -0.178. The van der Waals surface area contributed by atoms with Crippen molar-refractivity contribution in [3.63, 3.8) is 0 Å². The maximum atomic E-state index is 6.55. The van der Waals surface area contributed by atoms with E-state index in [4.69, 9.17) is 28.4 Å². The fraction of sp³-hybridized carbons (Fsp3) is 0.412. The lowest BCUT2D eigenvalue weighted by atomic mass is 9.99. The molecular formula is C34H40O6. The molecule has 0 bridgehead atoms. The Balaban J connectivity index is 1.32. The Hall–Kier alpha value is -3.00. The molecule has 6 nitrogen and oxygen atoms in total. The number of hydrogen-bond acceptors (Lipinski definition) is 6. The maximum Gasteiger partial charge on any atom is 0.163 e. The summed E-state index contributed by atoms with van der Waals surface area (Å²) in [7, 11) is 0. The molecule has 0 aliphatic carbocycles. The van der Waals surface area contributed by atoms with E-state index in [9.17, 15) is 0 Å². The van der Waals surface area contributed by atoms with E-state index in [0.29, 0.717) is 45.9 Å². The van der Waals surface area contributed by atoms with Gasteiger partial charge < -0.3 is 28.4 Å². The van der Waals surface area contributed by atoms with Gasteiger partial charge in [-0.2, -0.15) is 0 Å². The molecule has 0 aromatic heterocycles. The zero-order chi connectivity index (χ0) is 27.6. The molecule has 2 fully saturated rings. The van der Waals surface area contributed by atoms with Crippen molar-refractivity contribution in [2.75, 3.05) is 13.2 Å². The molecule has 2 saturated heterocycles. The van der Waals surface area contributed by atoms with Crippen molar-refractivity contribution in [2.24, 2.45) is 0 Å². The van der Waals surface area contributed by atoms with Gasteiger partial charge >= 0.3 is 0 Å². The Morgan fingerprint density at radius 2 is 1.35 bits per heavy atom. The zero-order valence-electron chi connectivity index (χ0n) is 23.4. The second-order valence-electron chi connectivity index (χ2n) is 10.8. The van der Waals surface area contributed by atoms with Crippen LogP contribution in [0.1, 0.15) is 43.4 Å². The van der Waals surface area contributed by atoms with Gasteiger partial charge in [-0.05, 0) is 43.0 Å². The lowest BCUT2D eigenvalue weighted by Gasteiger charge is -2.39. The third-order valence-electron chi connectivity index (χ3n) is 7.10. The van der Waals surface area contributed by atoms with Crippen molar-refractivity contribution in [1.82, 2.24) is 0 Å². The SMILES string of the molecule is CC1(C)OC[C@H](C/C=C2/C[C@@H](OCc3ccccc3)[C@H](OCc3ccccc3)[C@@H](COCc3ccccc3)O2)O1. The summed E-state index contributed by atoms with van der Waals surface area (Å²) in [6.45, 7) is 6.30. The molecule has 6 heteroatoms. The Kier molecular flexibility index (Phi) is 10.0. The molecule has 2 aliphatic rings. The number of rotatable bonds is 12. The Bertz CT molecular complexity index is 1180. The summed E-state index contributed by atoms with van der Waals surface area (Å²) >= 11 is 0. The Morgan fingerprint density at radius 1 is 0.775 bits per heavy atom. The average Bonchev–Trinajstić information content (AvgIpc) is 3.34. The third-order valence-corrected chi connectivity index (χ3v) is 7.10. The summed E-state index contributed by atoms with van der Waals surface area (Å²) in [5.74, 6) is 0.321. The lowest BCUT2D eigenvalue weighted by Crippen LogP contribution is -2.48. The minimum absolute atomic E-state index is 0.00498. The van der Waals surface area contributed by atoms with Crippen LogP contribution in [0.15, 0.2) is 103 Å². The molecule has 3 aromatic rings. The molecule has 0 spiro atoms. The molecule has 0 radical (unpaired) electrons. The summed E-state index contributed by atoms with van der Waals surface area (Å²) in [6, 6.07) is 30.6. The highest BCUT2D eigenvalue weighted by Crippen LogP contribution is 2.31. The van der Waals surface area contributed by atoms with Gasteiger partial charge in [-0.15, -0.1) is 0 Å². The highest BCUT2D eigenvalue weighted by molar-refractivity contribution is 5.16. The van der Waals surface area contributed by atoms with Crippen LogP contribution in [0.2, 0.25) is 0 Å². The van der Waals surface area contributed by atoms with Gasteiger partial charge in [0.2, 0.25) is 0 Å². The van der Waals surface area contributed by atoms with E-state index >= 15 is 0 Å². The van der Waals surface area contributed by atoms with Crippen LogP contribution in [0, 0.1) is 0 Å². The van der Waals surface area contributed by atoms with Crippen LogP contribution in [0.3, 0.4) is 0 Å². The number of benzene rings is 3. The normalized spacial score (nSPS) is 25.1. The van der Waals surface area contributed by atoms with Crippen LogP contribution in [0.5, 0.6) is 0 Å². The molecule has 5 rings (SSSR count). The zero-order valence-corrected chi connectivity index (χ0v) is 23.4. The summed E-state index contributed by atoms with van der Waals surface area (Å²) in [6.07, 6.45) is 2.59. The number of hydrogen-bond donors (Lipinski definition) is 0. The van der Waals surface area contributed by atoms with Crippen LogP contribution in [-0.2, 0) is 48.2 Å². The van der Waals surface area contributed by atoms with Gasteiger partial charge in [0.25, 0.3) is 0 Å². The first-order valence-electron chi connectivity index (χ1n) is 14.1. The second kappa shape index (κ2) is 14.1. The van der Waals surface area contributed by atoms with Crippen LogP contribution in [-0.4, -0.2) is 43.4 Å². The van der Waals surface area contributed by atoms with Gasteiger partial charge in [0.1, 0.15) is 6.10 Å². The smallest absolute Gasteiger partial charge is 0.163 e. The standard InChI is InChI=1S/C34H40O6/c1-34(2)38-24-30(40-34)19-18-29-20-31(36-22-27-14-8-4-9-15-27)33(37-23-28-16-10-5-11-17-28)32(39-29)25-35-21-26-12-6-3-7-13-26/h3-18,30-33H,19-25H2,1-2H3/b29-18-/t30-,31+,32+,33-/m0/s1. The van der Waals surface area contributed by atoms with Gasteiger partial charge in [0.05, 0.1) is 51.0 Å². The average molecular weight is 545 g/mol. The van der Waals surface area contributed by atoms with Crippen molar-refractivity contribution < 1.29 is 28.4 Å². The highest BCUT2D eigenvalue weighted by Gasteiger charge is 2.39. The van der Waals surface area contributed by atoms with E-state index in [1.54, 1.807) is 0 Å². The largest absolute Gasteiger partial charge is 0.490 e. The third kappa shape index (κ3) is 8.50. The van der Waals surface area contributed by atoms with Crippen molar-refractivity contribution in [3.05, 3.63) is 120 Å². The second-order valence-corrected chi connectivity index (χ2v) is 10.8. The minimum atomic E-state index is -0.553. The molecule has 0 saturated carbocycles. The van der Waals surface area contributed by atoms with Crippen LogP contribution >= 0.6 is 0 Å². The Labute approximate surface area is 237 Å². The van der Waals surface area contributed by atoms with Crippen molar-refractivity contribution in [2.45, 2.75) is 76.7 Å². The molecule has 0 unspecified atom stereocenters. The van der Waals surface area contributed by atoms with Crippen molar-refractivity contribution in [1.29, 1.82) is 0 Å². The Morgan fingerprint density at radius 3 is 1.93 bits per heavy atom. The first kappa shape index (κ1) is 28.5. The molecule has 0 N–H and O–H groups in total. The molecule has 2 heterocycles. The van der Waals surface area contributed by atoms with Gasteiger partial charge in [-0.3, -0.25) is 0 Å². The van der Waals surface area contributed by atoms with Gasteiger partial charge in [-0.25, -0.2) is 0 Å². The van der Waals surface area contributed by atoms with E-state index in [1.807, 2.05) is 68.4 Å². The summed E-state index contributed by atoms with van der Waals surface area (Å²) in [4.78, 5) is 0. The van der Waals surface area contributed by atoms with Crippen LogP contribution in [0.25, 0.3) is 0 Å². The molecule has 3 aromatic carbocycles. The van der Waals surface area contributed by atoms with E-state index in [-0.39, 0.29) is 24.4 Å². The summed E-state index contributed by atoms with van der Waals surface area (Å²) in [5.41, 5.74) is 3.35. The topological polar surface area (TPSA) is 55.4 Å². The van der Waals surface area contributed by atoms with E-state index in [0.717, 1.165) is 22.4 Å². The molecular weight excluding hydrogens is 504 g/mol. The fourth-order valence-electron chi connectivity index (χ4n) is 5.05. The molecule has 0 amide bonds. The molecule has 4 atom stereocenters. The molecule has 212 valence electrons. The van der Waals surface area contributed by atoms with E-state index in [2.05, 4.69) is 42.5 Å². The van der Waals surface area contributed by atoms with E-state index < -0.39 is 5.79 Å².